The minimum absolute atomic E-state index is 0.270. The van der Waals surface area contributed by atoms with Crippen LogP contribution in [0.5, 0.6) is 11.5 Å². The van der Waals surface area contributed by atoms with Gasteiger partial charge in [-0.2, -0.15) is 9.36 Å². The lowest BCUT2D eigenvalue weighted by atomic mass is 10.0. The molecular formula is C22H25N5O4. The smallest absolute Gasteiger partial charge is 0.368 e. The molecule has 1 heterocycles. The van der Waals surface area contributed by atoms with Gasteiger partial charge in [-0.15, -0.1) is 0 Å². The van der Waals surface area contributed by atoms with Gasteiger partial charge in [0.25, 0.3) is 0 Å². The molecule has 3 aromatic rings. The van der Waals surface area contributed by atoms with Crippen molar-refractivity contribution in [2.24, 2.45) is 12.2 Å². The van der Waals surface area contributed by atoms with E-state index in [0.717, 1.165) is 29.7 Å². The van der Waals surface area contributed by atoms with Gasteiger partial charge in [-0.1, -0.05) is 17.3 Å². The minimum Gasteiger partial charge on any atom is -0.493 e. The van der Waals surface area contributed by atoms with Gasteiger partial charge in [0.1, 0.15) is 13.7 Å². The fraction of sp³-hybridized carbons (Fsp3) is 0.364. The molecule has 0 unspecified atom stereocenters. The second-order valence-electron chi connectivity index (χ2n) is 7.43. The number of hydrogen-bond acceptors (Lipinski definition) is 7. The zero-order valence-electron chi connectivity index (χ0n) is 18.0. The predicted molar refractivity (Wildman–Crippen MR) is 115 cm³/mol. The quantitative estimate of drug-likeness (QED) is 0.409. The van der Waals surface area contributed by atoms with Crippen molar-refractivity contribution in [3.63, 3.8) is 0 Å². The first kappa shape index (κ1) is 20.6. The van der Waals surface area contributed by atoms with Crippen LogP contribution in [0.25, 0.3) is 5.69 Å². The van der Waals surface area contributed by atoms with Crippen LogP contribution in [0.4, 0.5) is 0 Å². The van der Waals surface area contributed by atoms with Gasteiger partial charge in [-0.05, 0) is 65.9 Å². The normalized spacial score (nSPS) is 13.9. The molecule has 1 fully saturated rings. The van der Waals surface area contributed by atoms with E-state index in [-0.39, 0.29) is 12.3 Å². The maximum absolute atomic E-state index is 12.5. The van der Waals surface area contributed by atoms with E-state index in [4.69, 9.17) is 14.3 Å². The average Bonchev–Trinajstić information content (AvgIpc) is 3.58. The fourth-order valence-electron chi connectivity index (χ4n) is 3.54. The molecule has 31 heavy (non-hydrogen) atoms. The first-order valence-electron chi connectivity index (χ1n) is 10.0. The van der Waals surface area contributed by atoms with Crippen molar-refractivity contribution >= 4 is 5.71 Å². The molecule has 0 N–H and O–H groups in total. The van der Waals surface area contributed by atoms with Gasteiger partial charge in [-0.25, -0.2) is 4.79 Å². The molecule has 9 nitrogen and oxygen atoms in total. The van der Waals surface area contributed by atoms with Gasteiger partial charge in [0.2, 0.25) is 0 Å². The summed E-state index contributed by atoms with van der Waals surface area (Å²) in [5.74, 6) is 1.66. The van der Waals surface area contributed by atoms with Crippen LogP contribution in [0.1, 0.15) is 42.4 Å². The highest BCUT2D eigenvalue weighted by Crippen LogP contribution is 2.43. The second kappa shape index (κ2) is 8.63. The highest BCUT2D eigenvalue weighted by molar-refractivity contribution is 5.98. The van der Waals surface area contributed by atoms with Crippen molar-refractivity contribution in [1.82, 2.24) is 19.8 Å². The summed E-state index contributed by atoms with van der Waals surface area (Å²) in [6.45, 7) is 2.13. The molecular weight excluding hydrogens is 398 g/mol. The number of rotatable bonds is 8. The van der Waals surface area contributed by atoms with Crippen LogP contribution in [-0.4, -0.2) is 39.7 Å². The summed E-state index contributed by atoms with van der Waals surface area (Å²) in [5.41, 5.74) is 4.08. The largest absolute Gasteiger partial charge is 0.493 e. The monoisotopic (exact) mass is 423 g/mol. The summed E-state index contributed by atoms with van der Waals surface area (Å²) in [6, 6.07) is 11.5. The standard InChI is InChI=1S/C22H25N5O4/c1-14(23-30-4)16-10-11-20(21(12-16)29-3)31-13-18-17(15-8-9-15)6-5-7-19(18)27-22(28)26(2)24-25-27/h5-7,10-12,15H,8-9,13H2,1-4H3. The maximum atomic E-state index is 12.5. The zero-order valence-corrected chi connectivity index (χ0v) is 18.0. The van der Waals surface area contributed by atoms with Crippen molar-refractivity contribution < 1.29 is 14.3 Å². The summed E-state index contributed by atoms with van der Waals surface area (Å²) in [7, 11) is 4.68. The Hall–Kier alpha value is -3.62. The van der Waals surface area contributed by atoms with Gasteiger partial charge in [0.15, 0.2) is 11.5 Å². The van der Waals surface area contributed by atoms with Crippen LogP contribution < -0.4 is 15.2 Å². The summed E-state index contributed by atoms with van der Waals surface area (Å²) < 4.78 is 14.2. The van der Waals surface area contributed by atoms with E-state index in [1.807, 2.05) is 37.3 Å². The molecule has 0 saturated heterocycles. The van der Waals surface area contributed by atoms with E-state index in [2.05, 4.69) is 21.6 Å². The number of tetrazole rings is 1. The summed E-state index contributed by atoms with van der Waals surface area (Å²) in [4.78, 5) is 17.3. The lowest BCUT2D eigenvalue weighted by Crippen LogP contribution is -2.23. The molecule has 0 atom stereocenters. The molecule has 0 radical (unpaired) electrons. The van der Waals surface area contributed by atoms with Crippen LogP contribution in [0.3, 0.4) is 0 Å². The van der Waals surface area contributed by atoms with Crippen molar-refractivity contribution in [3.8, 4) is 17.2 Å². The number of benzene rings is 2. The number of oxime groups is 1. The van der Waals surface area contributed by atoms with E-state index < -0.39 is 0 Å². The molecule has 1 aliphatic rings. The topological polar surface area (TPSA) is 92.8 Å². The molecule has 4 rings (SSSR count). The Morgan fingerprint density at radius 3 is 2.61 bits per heavy atom. The number of methoxy groups -OCH3 is 1. The SMILES string of the molecule is CON=C(C)c1ccc(OCc2c(C3CC3)cccc2-n2nnn(C)c2=O)c(OC)c1. The zero-order chi connectivity index (χ0) is 22.0. The molecule has 1 aromatic heterocycles. The summed E-state index contributed by atoms with van der Waals surface area (Å²) in [6.07, 6.45) is 2.25. The first-order valence-corrected chi connectivity index (χ1v) is 10.0. The Labute approximate surface area is 179 Å². The van der Waals surface area contributed by atoms with Crippen molar-refractivity contribution in [1.29, 1.82) is 0 Å². The number of ether oxygens (including phenoxy) is 2. The third-order valence-corrected chi connectivity index (χ3v) is 5.34. The predicted octanol–water partition coefficient (Wildman–Crippen LogP) is 2.80. The number of aryl methyl sites for hydroxylation is 1. The molecule has 162 valence electrons. The van der Waals surface area contributed by atoms with Gasteiger partial charge < -0.3 is 14.3 Å². The number of aromatic nitrogens is 4. The average molecular weight is 423 g/mol. The molecule has 0 aliphatic heterocycles. The number of nitrogens with zero attached hydrogens (tertiary/aromatic N) is 5. The highest BCUT2D eigenvalue weighted by Gasteiger charge is 2.28. The van der Waals surface area contributed by atoms with E-state index in [1.54, 1.807) is 14.2 Å². The number of hydrogen-bond donors (Lipinski definition) is 0. The first-order chi connectivity index (χ1) is 15.0. The Morgan fingerprint density at radius 1 is 1.16 bits per heavy atom. The van der Waals surface area contributed by atoms with Crippen molar-refractivity contribution in [2.75, 3.05) is 14.2 Å². The molecule has 1 saturated carbocycles. The van der Waals surface area contributed by atoms with E-state index in [9.17, 15) is 4.79 Å². The van der Waals surface area contributed by atoms with E-state index in [1.165, 1.54) is 22.0 Å². The van der Waals surface area contributed by atoms with Gasteiger partial charge in [0, 0.05) is 18.2 Å². The molecule has 9 heteroatoms. The lowest BCUT2D eigenvalue weighted by Gasteiger charge is -2.16. The van der Waals surface area contributed by atoms with Crippen molar-refractivity contribution in [2.45, 2.75) is 32.3 Å². The summed E-state index contributed by atoms with van der Waals surface area (Å²) in [5, 5.41) is 11.8. The maximum Gasteiger partial charge on any atom is 0.368 e. The Morgan fingerprint density at radius 2 is 1.97 bits per heavy atom. The minimum atomic E-state index is -0.302. The molecule has 1 aliphatic carbocycles. The van der Waals surface area contributed by atoms with Crippen LogP contribution in [0.15, 0.2) is 46.3 Å². The third-order valence-electron chi connectivity index (χ3n) is 5.34. The van der Waals surface area contributed by atoms with Crippen LogP contribution in [0.2, 0.25) is 0 Å². The van der Waals surface area contributed by atoms with Gasteiger partial charge in [-0.3, -0.25) is 0 Å². The Bertz CT molecular complexity index is 1180. The van der Waals surface area contributed by atoms with Crippen LogP contribution in [-0.2, 0) is 18.5 Å². The van der Waals surface area contributed by atoms with Gasteiger partial charge in [0.05, 0.1) is 18.5 Å². The van der Waals surface area contributed by atoms with Gasteiger partial charge >= 0.3 is 5.69 Å². The van der Waals surface area contributed by atoms with E-state index >= 15 is 0 Å². The van der Waals surface area contributed by atoms with E-state index in [0.29, 0.717) is 23.1 Å². The molecule has 0 amide bonds. The van der Waals surface area contributed by atoms with Crippen molar-refractivity contribution in [3.05, 3.63) is 63.6 Å². The Kier molecular flexibility index (Phi) is 5.75. The highest BCUT2D eigenvalue weighted by atomic mass is 16.6. The fourth-order valence-corrected chi connectivity index (χ4v) is 3.54. The molecule has 2 aromatic carbocycles. The van der Waals surface area contributed by atoms with Crippen LogP contribution >= 0.6 is 0 Å². The molecule has 0 spiro atoms. The second-order valence-corrected chi connectivity index (χ2v) is 7.43. The molecule has 0 bridgehead atoms. The van der Waals surface area contributed by atoms with Crippen LogP contribution in [0, 0.1) is 0 Å². The third kappa shape index (κ3) is 4.16. The summed E-state index contributed by atoms with van der Waals surface area (Å²) >= 11 is 0. The lowest BCUT2D eigenvalue weighted by molar-refractivity contribution is 0.213. The Balaban J connectivity index is 1.68.